The SMILES string of the molecule is Clc1c(Br)cc(Br)c2c1OCC2. The van der Waals surface area contributed by atoms with Crippen molar-refractivity contribution < 1.29 is 4.74 Å². The number of halogens is 3. The Kier molecular flexibility index (Phi) is 2.36. The van der Waals surface area contributed by atoms with Gasteiger partial charge in [0, 0.05) is 20.9 Å². The standard InChI is InChI=1S/C8H5Br2ClO/c9-5-3-6(10)7(11)8-4(5)1-2-12-8/h3H,1-2H2. The van der Waals surface area contributed by atoms with E-state index in [2.05, 4.69) is 31.9 Å². The maximum atomic E-state index is 6.02. The van der Waals surface area contributed by atoms with Crippen LogP contribution in [0.3, 0.4) is 0 Å². The normalized spacial score (nSPS) is 14.2. The van der Waals surface area contributed by atoms with Crippen molar-refractivity contribution in [2.24, 2.45) is 0 Å². The van der Waals surface area contributed by atoms with E-state index in [1.807, 2.05) is 6.07 Å². The van der Waals surface area contributed by atoms with Crippen LogP contribution in [0.25, 0.3) is 0 Å². The van der Waals surface area contributed by atoms with Crippen molar-refractivity contribution in [3.63, 3.8) is 0 Å². The lowest BCUT2D eigenvalue weighted by atomic mass is 10.2. The Morgan fingerprint density at radius 1 is 1.33 bits per heavy atom. The topological polar surface area (TPSA) is 9.23 Å². The van der Waals surface area contributed by atoms with Crippen LogP contribution in [0.5, 0.6) is 5.75 Å². The summed E-state index contributed by atoms with van der Waals surface area (Å²) in [6.07, 6.45) is 0.933. The number of fused-ring (bicyclic) bond motifs is 1. The second-order valence-corrected chi connectivity index (χ2v) is 4.65. The molecule has 0 fully saturated rings. The third kappa shape index (κ3) is 1.28. The first-order valence-corrected chi connectivity index (χ1v) is 5.45. The first kappa shape index (κ1) is 8.85. The minimum atomic E-state index is 0.672. The Hall–Kier alpha value is 0.270. The van der Waals surface area contributed by atoms with Crippen LogP contribution in [0.4, 0.5) is 0 Å². The molecule has 0 bridgehead atoms. The molecule has 0 aliphatic carbocycles. The zero-order valence-electron chi connectivity index (χ0n) is 6.03. The van der Waals surface area contributed by atoms with Gasteiger partial charge in [0.25, 0.3) is 0 Å². The fraction of sp³-hybridized carbons (Fsp3) is 0.250. The largest absolute Gasteiger partial charge is 0.491 e. The second kappa shape index (κ2) is 3.20. The van der Waals surface area contributed by atoms with Crippen molar-refractivity contribution in [2.45, 2.75) is 6.42 Å². The molecule has 0 saturated heterocycles. The van der Waals surface area contributed by atoms with E-state index >= 15 is 0 Å². The highest BCUT2D eigenvalue weighted by Gasteiger charge is 2.20. The lowest BCUT2D eigenvalue weighted by Gasteiger charge is -2.05. The van der Waals surface area contributed by atoms with E-state index in [9.17, 15) is 0 Å². The van der Waals surface area contributed by atoms with E-state index in [1.165, 1.54) is 5.56 Å². The van der Waals surface area contributed by atoms with Crippen LogP contribution in [0.15, 0.2) is 15.0 Å². The summed E-state index contributed by atoms with van der Waals surface area (Å²) in [4.78, 5) is 0. The fourth-order valence-corrected chi connectivity index (χ4v) is 2.80. The Labute approximate surface area is 92.3 Å². The van der Waals surface area contributed by atoms with Crippen molar-refractivity contribution in [3.05, 3.63) is 25.6 Å². The van der Waals surface area contributed by atoms with Gasteiger partial charge in [0.05, 0.1) is 11.6 Å². The quantitative estimate of drug-likeness (QED) is 0.662. The molecule has 1 aromatic rings. The zero-order valence-corrected chi connectivity index (χ0v) is 9.96. The molecule has 0 unspecified atom stereocenters. The van der Waals surface area contributed by atoms with Crippen LogP contribution in [0.1, 0.15) is 5.56 Å². The summed E-state index contributed by atoms with van der Waals surface area (Å²) in [5.41, 5.74) is 1.17. The fourth-order valence-electron chi connectivity index (χ4n) is 1.25. The van der Waals surface area contributed by atoms with Crippen molar-refractivity contribution in [3.8, 4) is 5.75 Å². The zero-order chi connectivity index (χ0) is 8.72. The molecule has 0 spiro atoms. The van der Waals surface area contributed by atoms with E-state index in [0.717, 1.165) is 27.7 Å². The van der Waals surface area contributed by atoms with Gasteiger partial charge in [-0.3, -0.25) is 0 Å². The minimum absolute atomic E-state index is 0.672. The summed E-state index contributed by atoms with van der Waals surface area (Å²) in [6, 6.07) is 1.95. The molecule has 0 amide bonds. The third-order valence-electron chi connectivity index (χ3n) is 1.82. The highest BCUT2D eigenvalue weighted by molar-refractivity contribution is 9.11. The molecule has 1 aliphatic heterocycles. The first-order valence-electron chi connectivity index (χ1n) is 3.49. The molecule has 0 radical (unpaired) electrons. The van der Waals surface area contributed by atoms with Gasteiger partial charge in [0.2, 0.25) is 0 Å². The molecule has 1 aromatic carbocycles. The van der Waals surface area contributed by atoms with Gasteiger partial charge in [-0.25, -0.2) is 0 Å². The third-order valence-corrected chi connectivity index (χ3v) is 3.76. The van der Waals surface area contributed by atoms with Gasteiger partial charge in [0.1, 0.15) is 5.75 Å². The van der Waals surface area contributed by atoms with Gasteiger partial charge in [-0.15, -0.1) is 0 Å². The van der Waals surface area contributed by atoms with Gasteiger partial charge >= 0.3 is 0 Å². The van der Waals surface area contributed by atoms with Crippen molar-refractivity contribution >= 4 is 43.5 Å². The smallest absolute Gasteiger partial charge is 0.143 e. The maximum Gasteiger partial charge on any atom is 0.143 e. The van der Waals surface area contributed by atoms with Gasteiger partial charge < -0.3 is 4.74 Å². The van der Waals surface area contributed by atoms with E-state index in [4.69, 9.17) is 16.3 Å². The van der Waals surface area contributed by atoms with Gasteiger partial charge in [0.15, 0.2) is 0 Å². The number of benzene rings is 1. The number of hydrogen-bond donors (Lipinski definition) is 0. The predicted octanol–water partition coefficient (Wildman–Crippen LogP) is 3.80. The second-order valence-electron chi connectivity index (χ2n) is 2.56. The van der Waals surface area contributed by atoms with Crippen molar-refractivity contribution in [2.75, 3.05) is 6.61 Å². The lowest BCUT2D eigenvalue weighted by Crippen LogP contribution is -1.86. The van der Waals surface area contributed by atoms with Gasteiger partial charge in [-0.05, 0) is 22.0 Å². The number of ether oxygens (including phenoxy) is 1. The molecular weight excluding hydrogens is 307 g/mol. The molecule has 0 saturated carbocycles. The molecule has 1 nitrogen and oxygen atoms in total. The number of rotatable bonds is 0. The summed E-state index contributed by atoms with van der Waals surface area (Å²) in [5.74, 6) is 0.818. The van der Waals surface area contributed by atoms with Gasteiger partial charge in [-0.1, -0.05) is 27.5 Å². The highest BCUT2D eigenvalue weighted by atomic mass is 79.9. The maximum absolute atomic E-state index is 6.02. The Bertz CT molecular complexity index is 338. The molecule has 2 rings (SSSR count). The summed E-state index contributed by atoms with van der Waals surface area (Å²) < 4.78 is 7.33. The van der Waals surface area contributed by atoms with Crippen LogP contribution in [-0.2, 0) is 6.42 Å². The summed E-state index contributed by atoms with van der Waals surface area (Å²) in [5, 5.41) is 0.672. The Morgan fingerprint density at radius 2 is 2.08 bits per heavy atom. The van der Waals surface area contributed by atoms with Crippen molar-refractivity contribution in [1.82, 2.24) is 0 Å². The highest BCUT2D eigenvalue weighted by Crippen LogP contribution is 2.42. The molecule has 0 atom stereocenters. The summed E-state index contributed by atoms with van der Waals surface area (Å²) in [6.45, 7) is 0.726. The number of hydrogen-bond acceptors (Lipinski definition) is 1. The summed E-state index contributed by atoms with van der Waals surface area (Å²) in [7, 11) is 0. The van der Waals surface area contributed by atoms with Crippen LogP contribution in [-0.4, -0.2) is 6.61 Å². The molecule has 0 N–H and O–H groups in total. The van der Waals surface area contributed by atoms with E-state index < -0.39 is 0 Å². The monoisotopic (exact) mass is 310 g/mol. The predicted molar refractivity (Wildman–Crippen MR) is 56.1 cm³/mol. The van der Waals surface area contributed by atoms with Crippen LogP contribution in [0.2, 0.25) is 5.02 Å². The van der Waals surface area contributed by atoms with E-state index in [0.29, 0.717) is 5.02 Å². The molecule has 12 heavy (non-hydrogen) atoms. The molecule has 0 aromatic heterocycles. The van der Waals surface area contributed by atoms with E-state index in [-0.39, 0.29) is 0 Å². The minimum Gasteiger partial charge on any atom is -0.491 e. The van der Waals surface area contributed by atoms with Crippen LogP contribution >= 0.6 is 43.5 Å². The first-order chi connectivity index (χ1) is 5.70. The lowest BCUT2D eigenvalue weighted by molar-refractivity contribution is 0.357. The van der Waals surface area contributed by atoms with E-state index in [1.54, 1.807) is 0 Å². The summed E-state index contributed by atoms with van der Waals surface area (Å²) >= 11 is 12.8. The molecule has 4 heteroatoms. The Morgan fingerprint density at radius 3 is 2.83 bits per heavy atom. The van der Waals surface area contributed by atoms with Crippen LogP contribution < -0.4 is 4.74 Å². The Balaban J connectivity index is 2.69. The van der Waals surface area contributed by atoms with Crippen LogP contribution in [0, 0.1) is 0 Å². The van der Waals surface area contributed by atoms with Crippen molar-refractivity contribution in [1.29, 1.82) is 0 Å². The molecule has 64 valence electrons. The molecule has 1 heterocycles. The van der Waals surface area contributed by atoms with Gasteiger partial charge in [-0.2, -0.15) is 0 Å². The molecular formula is C8H5Br2ClO. The average molecular weight is 312 g/mol. The average Bonchev–Trinajstić information content (AvgIpc) is 2.48. The molecule has 1 aliphatic rings.